The van der Waals surface area contributed by atoms with Gasteiger partial charge in [-0.25, -0.2) is 0 Å². The van der Waals surface area contributed by atoms with Gasteiger partial charge in [0.25, 0.3) is 0 Å². The van der Waals surface area contributed by atoms with Gasteiger partial charge >= 0.3 is 0 Å². The predicted octanol–water partition coefficient (Wildman–Crippen LogP) is 1.90. The minimum Gasteiger partial charge on any atom is -0.381 e. The van der Waals surface area contributed by atoms with Gasteiger partial charge in [0.1, 0.15) is 0 Å². The molecule has 2 atom stereocenters. The third kappa shape index (κ3) is 4.07. The zero-order chi connectivity index (χ0) is 9.56. The van der Waals surface area contributed by atoms with Gasteiger partial charge in [-0.2, -0.15) is 0 Å². The smallest absolute Gasteiger partial charge is 0.0506 e. The minimum absolute atomic E-state index is 0.566. The van der Waals surface area contributed by atoms with Gasteiger partial charge in [0.15, 0.2) is 0 Å². The van der Waals surface area contributed by atoms with Crippen molar-refractivity contribution in [2.75, 3.05) is 20.3 Å². The summed E-state index contributed by atoms with van der Waals surface area (Å²) >= 11 is 0. The van der Waals surface area contributed by atoms with Crippen LogP contribution in [0.25, 0.3) is 0 Å². The minimum atomic E-state index is 0.566. The number of rotatable bonds is 6. The lowest BCUT2D eigenvalue weighted by molar-refractivity contribution is 0.0939. The van der Waals surface area contributed by atoms with Crippen molar-refractivity contribution in [2.45, 2.75) is 33.7 Å². The van der Waals surface area contributed by atoms with Crippen LogP contribution in [-0.4, -0.2) is 26.3 Å². The Morgan fingerprint density at radius 3 is 2.17 bits per heavy atom. The lowest BCUT2D eigenvalue weighted by atomic mass is 9.93. The second-order valence-corrected chi connectivity index (χ2v) is 3.70. The summed E-state index contributed by atoms with van der Waals surface area (Å²) in [7, 11) is 2.02. The molecular formula is C10H23NO. The molecule has 12 heavy (non-hydrogen) atoms. The van der Waals surface area contributed by atoms with Gasteiger partial charge in [-0.05, 0) is 25.8 Å². The van der Waals surface area contributed by atoms with Crippen LogP contribution >= 0.6 is 0 Å². The molecule has 2 unspecified atom stereocenters. The van der Waals surface area contributed by atoms with Crippen LogP contribution in [0.3, 0.4) is 0 Å². The molecule has 0 aliphatic heterocycles. The number of hydrogen-bond acceptors (Lipinski definition) is 2. The fourth-order valence-corrected chi connectivity index (χ4v) is 1.68. The van der Waals surface area contributed by atoms with E-state index >= 15 is 0 Å². The summed E-state index contributed by atoms with van der Waals surface area (Å²) in [6.45, 7) is 10.4. The summed E-state index contributed by atoms with van der Waals surface area (Å²) in [5.41, 5.74) is 0. The van der Waals surface area contributed by atoms with E-state index in [1.807, 2.05) is 14.0 Å². The molecule has 2 heteroatoms. The first-order valence-corrected chi connectivity index (χ1v) is 4.88. The maximum absolute atomic E-state index is 5.39. The summed E-state index contributed by atoms with van der Waals surface area (Å²) < 4.78 is 5.39. The Balaban J connectivity index is 3.77. The lowest BCUT2D eigenvalue weighted by Gasteiger charge is -2.26. The van der Waals surface area contributed by atoms with Gasteiger partial charge in [0.05, 0.1) is 6.61 Å². The van der Waals surface area contributed by atoms with Crippen LogP contribution in [0.2, 0.25) is 0 Å². The molecule has 0 spiro atoms. The van der Waals surface area contributed by atoms with Crippen molar-refractivity contribution in [2.24, 2.45) is 11.8 Å². The molecule has 74 valence electrons. The summed E-state index contributed by atoms with van der Waals surface area (Å²) in [6.07, 6.45) is 0. The molecule has 2 nitrogen and oxygen atoms in total. The third-order valence-electron chi connectivity index (χ3n) is 2.25. The molecular weight excluding hydrogens is 150 g/mol. The molecule has 1 N–H and O–H groups in total. The number of nitrogens with one attached hydrogen (secondary N) is 1. The summed E-state index contributed by atoms with van der Waals surface area (Å²) in [5, 5.41) is 3.33. The van der Waals surface area contributed by atoms with Gasteiger partial charge < -0.3 is 10.1 Å². The fraction of sp³-hybridized carbons (Fsp3) is 1.00. The van der Waals surface area contributed by atoms with E-state index in [-0.39, 0.29) is 0 Å². The molecule has 0 saturated heterocycles. The van der Waals surface area contributed by atoms with Crippen LogP contribution in [-0.2, 0) is 4.74 Å². The molecule has 0 aromatic heterocycles. The Labute approximate surface area is 76.7 Å². The van der Waals surface area contributed by atoms with E-state index in [1.165, 1.54) is 0 Å². The predicted molar refractivity (Wildman–Crippen MR) is 53.3 cm³/mol. The fourth-order valence-electron chi connectivity index (χ4n) is 1.68. The second-order valence-electron chi connectivity index (χ2n) is 3.70. The highest BCUT2D eigenvalue weighted by Crippen LogP contribution is 2.12. The first-order valence-electron chi connectivity index (χ1n) is 4.88. The Hall–Kier alpha value is -0.0800. The van der Waals surface area contributed by atoms with Crippen molar-refractivity contribution in [1.29, 1.82) is 0 Å². The van der Waals surface area contributed by atoms with Crippen molar-refractivity contribution in [1.82, 2.24) is 5.32 Å². The number of hydrogen-bond donors (Lipinski definition) is 1. The quantitative estimate of drug-likeness (QED) is 0.662. The molecule has 0 saturated carbocycles. The topological polar surface area (TPSA) is 21.3 Å². The second kappa shape index (κ2) is 6.44. The highest BCUT2D eigenvalue weighted by molar-refractivity contribution is 4.74. The summed E-state index contributed by atoms with van der Waals surface area (Å²) in [4.78, 5) is 0. The molecule has 0 heterocycles. The van der Waals surface area contributed by atoms with Gasteiger partial charge in [0.2, 0.25) is 0 Å². The van der Waals surface area contributed by atoms with Gasteiger partial charge in [-0.3, -0.25) is 0 Å². The average molecular weight is 173 g/mol. The van der Waals surface area contributed by atoms with Crippen molar-refractivity contribution >= 4 is 0 Å². The van der Waals surface area contributed by atoms with Gasteiger partial charge in [0, 0.05) is 12.6 Å². The van der Waals surface area contributed by atoms with Crippen molar-refractivity contribution in [3.63, 3.8) is 0 Å². The maximum Gasteiger partial charge on any atom is 0.0506 e. The van der Waals surface area contributed by atoms with E-state index in [4.69, 9.17) is 4.74 Å². The van der Waals surface area contributed by atoms with E-state index in [1.54, 1.807) is 0 Å². The standard InChI is InChI=1S/C10H23NO/c1-6-12-7-9(4)10(11-5)8(2)3/h8-11H,6-7H2,1-5H3. The van der Waals surface area contributed by atoms with Crippen LogP contribution < -0.4 is 5.32 Å². The van der Waals surface area contributed by atoms with E-state index < -0.39 is 0 Å². The molecule has 0 fully saturated rings. The highest BCUT2D eigenvalue weighted by atomic mass is 16.5. The molecule has 0 aromatic rings. The van der Waals surface area contributed by atoms with Crippen LogP contribution in [0, 0.1) is 11.8 Å². The Bertz CT molecular complexity index is 104. The molecule has 0 rings (SSSR count). The van der Waals surface area contributed by atoms with Crippen LogP contribution in [0.4, 0.5) is 0 Å². The molecule has 0 aliphatic rings. The monoisotopic (exact) mass is 173 g/mol. The van der Waals surface area contributed by atoms with E-state index in [0.717, 1.165) is 13.2 Å². The van der Waals surface area contributed by atoms with E-state index in [0.29, 0.717) is 17.9 Å². The largest absolute Gasteiger partial charge is 0.381 e. The van der Waals surface area contributed by atoms with E-state index in [9.17, 15) is 0 Å². The molecule has 0 bridgehead atoms. The SMILES string of the molecule is CCOCC(C)C(NC)C(C)C. The molecule has 0 aliphatic carbocycles. The maximum atomic E-state index is 5.39. The van der Waals surface area contributed by atoms with Crippen LogP contribution in [0.1, 0.15) is 27.7 Å². The first kappa shape index (κ1) is 11.9. The Morgan fingerprint density at radius 2 is 1.83 bits per heavy atom. The Kier molecular flexibility index (Phi) is 6.39. The van der Waals surface area contributed by atoms with E-state index in [2.05, 4.69) is 26.1 Å². The number of ether oxygens (including phenoxy) is 1. The molecule has 0 radical (unpaired) electrons. The Morgan fingerprint density at radius 1 is 1.25 bits per heavy atom. The van der Waals surface area contributed by atoms with Crippen molar-refractivity contribution < 1.29 is 4.74 Å². The lowest BCUT2D eigenvalue weighted by Crippen LogP contribution is -2.38. The van der Waals surface area contributed by atoms with Crippen LogP contribution in [0.5, 0.6) is 0 Å². The zero-order valence-electron chi connectivity index (χ0n) is 9.05. The van der Waals surface area contributed by atoms with Gasteiger partial charge in [-0.1, -0.05) is 20.8 Å². The van der Waals surface area contributed by atoms with Crippen LogP contribution in [0.15, 0.2) is 0 Å². The first-order chi connectivity index (χ1) is 5.63. The molecule has 0 aromatic carbocycles. The summed E-state index contributed by atoms with van der Waals surface area (Å²) in [5.74, 6) is 1.26. The van der Waals surface area contributed by atoms with Crippen molar-refractivity contribution in [3.8, 4) is 0 Å². The van der Waals surface area contributed by atoms with Crippen molar-refractivity contribution in [3.05, 3.63) is 0 Å². The zero-order valence-corrected chi connectivity index (χ0v) is 9.05. The summed E-state index contributed by atoms with van der Waals surface area (Å²) in [6, 6.07) is 0.566. The van der Waals surface area contributed by atoms with Gasteiger partial charge in [-0.15, -0.1) is 0 Å². The average Bonchev–Trinajstić information content (AvgIpc) is 2.01. The third-order valence-corrected chi connectivity index (χ3v) is 2.25. The molecule has 0 amide bonds. The normalized spacial score (nSPS) is 16.5. The highest BCUT2D eigenvalue weighted by Gasteiger charge is 2.18.